The Labute approximate surface area is 151 Å². The van der Waals surface area contributed by atoms with E-state index in [1.54, 1.807) is 16.9 Å². The molecule has 5 N–H and O–H groups in total. The summed E-state index contributed by atoms with van der Waals surface area (Å²) in [6.45, 7) is 0. The fourth-order valence-electron chi connectivity index (χ4n) is 3.60. The van der Waals surface area contributed by atoms with Crippen LogP contribution >= 0.6 is 11.6 Å². The van der Waals surface area contributed by atoms with Crippen molar-refractivity contribution < 1.29 is 0 Å². The Balaban J connectivity index is 1.80. The number of nitrogens with zero attached hydrogens (tertiary/aromatic N) is 3. The van der Waals surface area contributed by atoms with Gasteiger partial charge in [0, 0.05) is 34.7 Å². The summed E-state index contributed by atoms with van der Waals surface area (Å²) < 4.78 is 1.71. The van der Waals surface area contributed by atoms with Gasteiger partial charge >= 0.3 is 0 Å². The first-order valence-electron chi connectivity index (χ1n) is 8.52. The molecule has 0 atom stereocenters. The average Bonchev–Trinajstić information content (AvgIpc) is 3.06. The molecular weight excluding hydrogens is 336 g/mol. The highest BCUT2D eigenvalue weighted by Gasteiger charge is 2.27. The lowest BCUT2D eigenvalue weighted by atomic mass is 9.81. The minimum absolute atomic E-state index is 0.285. The first-order chi connectivity index (χ1) is 12.1. The van der Waals surface area contributed by atoms with E-state index in [9.17, 15) is 0 Å². The molecule has 3 aromatic rings. The van der Waals surface area contributed by atoms with Gasteiger partial charge in [0.2, 0.25) is 0 Å². The smallest absolute Gasteiger partial charge is 0.177 e. The van der Waals surface area contributed by atoms with Crippen LogP contribution in [0.2, 0.25) is 5.02 Å². The second kappa shape index (κ2) is 6.54. The summed E-state index contributed by atoms with van der Waals surface area (Å²) in [6, 6.07) is 7.89. The molecule has 130 valence electrons. The van der Waals surface area contributed by atoms with Crippen LogP contribution < -0.4 is 16.8 Å². The molecule has 0 saturated heterocycles. The van der Waals surface area contributed by atoms with Crippen molar-refractivity contribution in [1.82, 2.24) is 14.6 Å². The summed E-state index contributed by atoms with van der Waals surface area (Å²) in [7, 11) is 0. The van der Waals surface area contributed by atoms with Crippen molar-refractivity contribution in [2.45, 2.75) is 37.6 Å². The molecule has 7 heteroatoms. The third-order valence-corrected chi connectivity index (χ3v) is 5.15. The summed E-state index contributed by atoms with van der Waals surface area (Å²) in [5, 5.41) is 8.67. The zero-order chi connectivity index (χ0) is 17.4. The second-order valence-electron chi connectivity index (χ2n) is 6.61. The summed E-state index contributed by atoms with van der Waals surface area (Å²) in [6.07, 6.45) is 7.57. The molecule has 2 heterocycles. The van der Waals surface area contributed by atoms with Gasteiger partial charge in [0.25, 0.3) is 0 Å². The number of nitrogens with two attached hydrogens (primary N) is 2. The summed E-state index contributed by atoms with van der Waals surface area (Å²) in [5.74, 6) is 0.881. The fraction of sp³-hybridized carbons (Fsp3) is 0.333. The Kier molecular flexibility index (Phi) is 4.23. The number of anilines is 3. The lowest BCUT2D eigenvalue weighted by Crippen LogP contribution is -2.26. The van der Waals surface area contributed by atoms with E-state index in [0.717, 1.165) is 48.3 Å². The fourth-order valence-corrected chi connectivity index (χ4v) is 3.72. The van der Waals surface area contributed by atoms with Crippen molar-refractivity contribution in [2.75, 3.05) is 11.1 Å². The molecule has 2 aromatic heterocycles. The van der Waals surface area contributed by atoms with E-state index in [-0.39, 0.29) is 6.04 Å². The number of nitrogens with one attached hydrogen (secondary N) is 1. The SMILES string of the molecule is Nc1nn2ccnc2c(Nc2ccc(Cl)cc2)c1C1CCC(N)CC1. The predicted octanol–water partition coefficient (Wildman–Crippen LogP) is 3.69. The number of nitrogen functional groups attached to an aromatic ring is 1. The third-order valence-electron chi connectivity index (χ3n) is 4.90. The lowest BCUT2D eigenvalue weighted by Gasteiger charge is -2.28. The number of benzene rings is 1. The van der Waals surface area contributed by atoms with Crippen LogP contribution in [0.4, 0.5) is 17.2 Å². The number of aromatic nitrogens is 3. The van der Waals surface area contributed by atoms with Gasteiger partial charge in [0.05, 0.1) is 5.69 Å². The maximum absolute atomic E-state index is 6.34. The third kappa shape index (κ3) is 3.15. The van der Waals surface area contributed by atoms with E-state index in [2.05, 4.69) is 15.4 Å². The Morgan fingerprint density at radius 2 is 1.84 bits per heavy atom. The van der Waals surface area contributed by atoms with Crippen molar-refractivity contribution in [3.8, 4) is 0 Å². The molecule has 25 heavy (non-hydrogen) atoms. The first kappa shape index (κ1) is 16.2. The first-order valence-corrected chi connectivity index (χ1v) is 8.90. The normalized spacial score (nSPS) is 20.7. The predicted molar refractivity (Wildman–Crippen MR) is 101 cm³/mol. The molecule has 4 rings (SSSR count). The van der Waals surface area contributed by atoms with E-state index >= 15 is 0 Å². The van der Waals surface area contributed by atoms with Gasteiger partial charge in [-0.3, -0.25) is 0 Å². The average molecular weight is 357 g/mol. The lowest BCUT2D eigenvalue weighted by molar-refractivity contribution is 0.396. The van der Waals surface area contributed by atoms with Crippen LogP contribution in [-0.4, -0.2) is 20.6 Å². The van der Waals surface area contributed by atoms with Crippen LogP contribution in [0.25, 0.3) is 5.65 Å². The molecule has 1 fully saturated rings. The molecule has 0 aliphatic heterocycles. The van der Waals surface area contributed by atoms with Crippen molar-refractivity contribution in [1.29, 1.82) is 0 Å². The highest BCUT2D eigenvalue weighted by Crippen LogP contribution is 2.41. The van der Waals surface area contributed by atoms with Crippen molar-refractivity contribution in [2.24, 2.45) is 5.73 Å². The van der Waals surface area contributed by atoms with Gasteiger partial charge in [0.1, 0.15) is 5.82 Å². The summed E-state index contributed by atoms with van der Waals surface area (Å²) >= 11 is 6.00. The molecule has 1 aromatic carbocycles. The molecule has 1 aliphatic carbocycles. The Morgan fingerprint density at radius 3 is 2.56 bits per heavy atom. The van der Waals surface area contributed by atoms with Gasteiger partial charge < -0.3 is 16.8 Å². The van der Waals surface area contributed by atoms with Gasteiger partial charge in [0.15, 0.2) is 5.65 Å². The maximum Gasteiger partial charge on any atom is 0.177 e. The minimum atomic E-state index is 0.285. The van der Waals surface area contributed by atoms with E-state index in [1.165, 1.54) is 0 Å². The number of hydrogen-bond acceptors (Lipinski definition) is 5. The van der Waals surface area contributed by atoms with Crippen LogP contribution in [0.3, 0.4) is 0 Å². The standard InChI is InChI=1S/C18H21ClN6/c19-12-3-7-14(8-4-12)23-16-15(11-1-5-13(20)6-2-11)17(21)24-25-10-9-22-18(16)25/h3-4,7-11,13,23H,1-2,5-6,20H2,(H2,21,24). The largest absolute Gasteiger partial charge is 0.382 e. The topological polar surface area (TPSA) is 94.3 Å². The van der Waals surface area contributed by atoms with E-state index in [4.69, 9.17) is 23.1 Å². The second-order valence-corrected chi connectivity index (χ2v) is 7.05. The van der Waals surface area contributed by atoms with Crippen LogP contribution in [0.15, 0.2) is 36.7 Å². The van der Waals surface area contributed by atoms with Crippen LogP contribution in [0, 0.1) is 0 Å². The number of hydrogen-bond donors (Lipinski definition) is 3. The maximum atomic E-state index is 6.34. The van der Waals surface area contributed by atoms with E-state index in [0.29, 0.717) is 16.8 Å². The molecule has 0 amide bonds. The monoisotopic (exact) mass is 356 g/mol. The Morgan fingerprint density at radius 1 is 1.12 bits per heavy atom. The van der Waals surface area contributed by atoms with Crippen molar-refractivity contribution in [3.05, 3.63) is 47.2 Å². The summed E-state index contributed by atoms with van der Waals surface area (Å²) in [5.41, 5.74) is 16.1. The Bertz CT molecular complexity index is 880. The minimum Gasteiger partial charge on any atom is -0.382 e. The molecular formula is C18H21ClN6. The Hall–Kier alpha value is -2.31. The number of rotatable bonds is 3. The highest BCUT2D eigenvalue weighted by molar-refractivity contribution is 6.30. The van der Waals surface area contributed by atoms with Gasteiger partial charge in [-0.05, 0) is 55.9 Å². The van der Waals surface area contributed by atoms with Crippen molar-refractivity contribution >= 4 is 34.4 Å². The van der Waals surface area contributed by atoms with Crippen LogP contribution in [0.1, 0.15) is 37.2 Å². The molecule has 0 unspecified atom stereocenters. The number of halogens is 1. The molecule has 0 bridgehead atoms. The summed E-state index contributed by atoms with van der Waals surface area (Å²) in [4.78, 5) is 4.48. The van der Waals surface area contributed by atoms with E-state index in [1.807, 2.05) is 24.3 Å². The van der Waals surface area contributed by atoms with Crippen molar-refractivity contribution in [3.63, 3.8) is 0 Å². The van der Waals surface area contributed by atoms with Gasteiger partial charge in [-0.1, -0.05) is 11.6 Å². The van der Waals surface area contributed by atoms with Gasteiger partial charge in [-0.2, -0.15) is 0 Å². The molecule has 0 spiro atoms. The number of fused-ring (bicyclic) bond motifs is 1. The molecule has 1 aliphatic rings. The molecule has 6 nitrogen and oxygen atoms in total. The number of imidazole rings is 1. The molecule has 0 radical (unpaired) electrons. The van der Waals surface area contributed by atoms with Crippen LogP contribution in [-0.2, 0) is 0 Å². The van der Waals surface area contributed by atoms with Crippen LogP contribution in [0.5, 0.6) is 0 Å². The highest BCUT2D eigenvalue weighted by atomic mass is 35.5. The van der Waals surface area contributed by atoms with E-state index < -0.39 is 0 Å². The quantitative estimate of drug-likeness (QED) is 0.665. The van der Waals surface area contributed by atoms with Gasteiger partial charge in [-0.25, -0.2) is 9.50 Å². The molecule has 1 saturated carbocycles. The zero-order valence-corrected chi connectivity index (χ0v) is 14.6. The van der Waals surface area contributed by atoms with Gasteiger partial charge in [-0.15, -0.1) is 5.10 Å². The zero-order valence-electron chi connectivity index (χ0n) is 13.8.